The van der Waals surface area contributed by atoms with Crippen LogP contribution in [0.3, 0.4) is 0 Å². The van der Waals surface area contributed by atoms with Crippen LogP contribution in [0.5, 0.6) is 0 Å². The van der Waals surface area contributed by atoms with Gasteiger partial charge in [-0.2, -0.15) is 4.89 Å². The van der Waals surface area contributed by atoms with Crippen molar-refractivity contribution < 1.29 is 19.7 Å². The van der Waals surface area contributed by atoms with Crippen LogP contribution in [-0.2, 0) is 9.78 Å². The summed E-state index contributed by atoms with van der Waals surface area (Å²) in [6.07, 6.45) is -1.42. The summed E-state index contributed by atoms with van der Waals surface area (Å²) in [5, 5.41) is 8.20. The first kappa shape index (κ1) is 11.2. The van der Waals surface area contributed by atoms with E-state index < -0.39 is 11.8 Å². The molecular weight excluding hydrogens is 160 g/mol. The fourth-order valence-electron chi connectivity index (χ4n) is 0.265. The van der Waals surface area contributed by atoms with Crippen molar-refractivity contribution in [1.82, 2.24) is 0 Å². The lowest BCUT2D eigenvalue weighted by Crippen LogP contribution is -2.39. The summed E-state index contributed by atoms with van der Waals surface area (Å²) in [4.78, 5) is 18.8. The minimum Gasteiger partial charge on any atom is -0.448 e. The molecule has 0 rings (SSSR count). The Hall–Kier alpha value is -0.770. The van der Waals surface area contributed by atoms with Crippen LogP contribution < -0.4 is 0 Å². The molecule has 0 bridgehead atoms. The van der Waals surface area contributed by atoms with Gasteiger partial charge < -0.3 is 5.11 Å². The molecule has 4 nitrogen and oxygen atoms in total. The van der Waals surface area contributed by atoms with Crippen molar-refractivity contribution >= 4 is 6.16 Å². The molecule has 0 saturated carbocycles. The maximum Gasteiger partial charge on any atom is 0.537 e. The molecule has 0 aromatic heterocycles. The van der Waals surface area contributed by atoms with Gasteiger partial charge in [0.2, 0.25) is 0 Å². The lowest BCUT2D eigenvalue weighted by Gasteiger charge is -2.35. The van der Waals surface area contributed by atoms with E-state index in [4.69, 9.17) is 9.99 Å². The normalized spacial score (nSPS) is 12.8. The molecule has 4 heteroatoms. The van der Waals surface area contributed by atoms with Crippen LogP contribution in [-0.4, -0.2) is 16.9 Å². The Morgan fingerprint density at radius 2 is 1.58 bits per heavy atom. The molecule has 12 heavy (non-hydrogen) atoms. The summed E-state index contributed by atoms with van der Waals surface area (Å²) in [6, 6.07) is 0. The summed E-state index contributed by atoms with van der Waals surface area (Å²) in [6.45, 7) is 9.38. The second-order valence-electron chi connectivity index (χ2n) is 4.19. The van der Waals surface area contributed by atoms with Gasteiger partial charge in [-0.15, -0.1) is 0 Å². The number of hydrogen-bond donors (Lipinski definition) is 1. The molecule has 0 amide bonds. The van der Waals surface area contributed by atoms with Gasteiger partial charge in [0.1, 0.15) is 5.60 Å². The number of hydrogen-bond acceptors (Lipinski definition) is 3. The third kappa shape index (κ3) is 3.09. The fraction of sp³-hybridized carbons (Fsp3) is 0.875. The zero-order chi connectivity index (χ0) is 9.99. The molecule has 0 fully saturated rings. The van der Waals surface area contributed by atoms with Crippen LogP contribution in [0.4, 0.5) is 4.79 Å². The molecule has 0 atom stereocenters. The molecule has 0 aliphatic heterocycles. The van der Waals surface area contributed by atoms with E-state index in [2.05, 4.69) is 4.89 Å². The van der Waals surface area contributed by atoms with Gasteiger partial charge in [0.15, 0.2) is 0 Å². The van der Waals surface area contributed by atoms with Crippen molar-refractivity contribution in [2.75, 3.05) is 0 Å². The second kappa shape index (κ2) is 3.31. The average molecular weight is 176 g/mol. The highest BCUT2D eigenvalue weighted by atomic mass is 17.2. The van der Waals surface area contributed by atoms with Crippen LogP contribution in [0.15, 0.2) is 0 Å². The molecule has 0 aromatic carbocycles. The van der Waals surface area contributed by atoms with E-state index >= 15 is 0 Å². The van der Waals surface area contributed by atoms with Gasteiger partial charge in [-0.3, -0.25) is 4.89 Å². The SMILES string of the molecule is CC(C)(C)C(C)(C)OOC(=O)O. The van der Waals surface area contributed by atoms with Crippen molar-refractivity contribution in [3.05, 3.63) is 0 Å². The Morgan fingerprint density at radius 1 is 1.17 bits per heavy atom. The van der Waals surface area contributed by atoms with E-state index in [1.165, 1.54) is 0 Å². The predicted octanol–water partition coefficient (Wildman–Crippen LogP) is 2.44. The van der Waals surface area contributed by atoms with E-state index in [-0.39, 0.29) is 5.41 Å². The molecule has 72 valence electrons. The first-order chi connectivity index (χ1) is 5.17. The highest BCUT2D eigenvalue weighted by molar-refractivity contribution is 5.55. The monoisotopic (exact) mass is 176 g/mol. The molecule has 0 saturated heterocycles. The molecule has 0 heterocycles. The van der Waals surface area contributed by atoms with E-state index in [0.717, 1.165) is 0 Å². The van der Waals surface area contributed by atoms with E-state index in [1.54, 1.807) is 13.8 Å². The Labute approximate surface area is 72.4 Å². The summed E-state index contributed by atoms with van der Waals surface area (Å²) in [5.41, 5.74) is -0.812. The van der Waals surface area contributed by atoms with Gasteiger partial charge in [-0.1, -0.05) is 20.8 Å². The Kier molecular flexibility index (Phi) is 3.10. The minimum absolute atomic E-state index is 0.178. The van der Waals surface area contributed by atoms with Crippen LogP contribution in [0, 0.1) is 5.41 Å². The van der Waals surface area contributed by atoms with Gasteiger partial charge in [0.05, 0.1) is 0 Å². The van der Waals surface area contributed by atoms with Crippen LogP contribution in [0.1, 0.15) is 34.6 Å². The molecule has 0 spiro atoms. The third-order valence-electron chi connectivity index (χ3n) is 2.13. The Bertz CT molecular complexity index is 166. The van der Waals surface area contributed by atoms with Gasteiger partial charge in [0, 0.05) is 0 Å². The first-order valence-corrected chi connectivity index (χ1v) is 3.75. The lowest BCUT2D eigenvalue weighted by molar-refractivity contribution is -0.337. The summed E-state index contributed by atoms with van der Waals surface area (Å²) < 4.78 is 0. The van der Waals surface area contributed by atoms with Crippen molar-refractivity contribution in [1.29, 1.82) is 0 Å². The van der Waals surface area contributed by atoms with E-state index in [0.29, 0.717) is 0 Å². The average Bonchev–Trinajstić information content (AvgIpc) is 1.81. The molecule has 0 unspecified atom stereocenters. The van der Waals surface area contributed by atoms with E-state index in [1.807, 2.05) is 20.8 Å². The Morgan fingerprint density at radius 3 is 1.83 bits per heavy atom. The smallest absolute Gasteiger partial charge is 0.448 e. The van der Waals surface area contributed by atoms with Crippen molar-refractivity contribution in [2.24, 2.45) is 5.41 Å². The van der Waals surface area contributed by atoms with Gasteiger partial charge in [-0.05, 0) is 19.3 Å². The molecular formula is C8H16O4. The maximum absolute atomic E-state index is 10.0. The largest absolute Gasteiger partial charge is 0.537 e. The lowest BCUT2D eigenvalue weighted by atomic mass is 9.79. The first-order valence-electron chi connectivity index (χ1n) is 3.75. The number of carbonyl (C=O) groups is 1. The molecule has 0 aliphatic carbocycles. The third-order valence-corrected chi connectivity index (χ3v) is 2.13. The summed E-state index contributed by atoms with van der Waals surface area (Å²) in [5.74, 6) is 0. The highest BCUT2D eigenvalue weighted by Crippen LogP contribution is 2.32. The van der Waals surface area contributed by atoms with Crippen molar-refractivity contribution in [3.63, 3.8) is 0 Å². The summed E-state index contributed by atoms with van der Waals surface area (Å²) in [7, 11) is 0. The Balaban J connectivity index is 4.14. The van der Waals surface area contributed by atoms with E-state index in [9.17, 15) is 4.79 Å². The van der Waals surface area contributed by atoms with Crippen molar-refractivity contribution in [2.45, 2.75) is 40.2 Å². The van der Waals surface area contributed by atoms with Gasteiger partial charge >= 0.3 is 6.16 Å². The minimum atomic E-state index is -1.42. The van der Waals surface area contributed by atoms with Crippen LogP contribution in [0.2, 0.25) is 0 Å². The summed E-state index contributed by atoms with van der Waals surface area (Å²) >= 11 is 0. The standard InChI is InChI=1S/C8H16O4/c1-7(2,3)8(4,5)12-11-6(9)10/h1-5H3,(H,9,10). The zero-order valence-electron chi connectivity index (χ0n) is 8.17. The number of carboxylic acid groups (broad SMARTS) is 1. The molecule has 0 aliphatic rings. The second-order valence-corrected chi connectivity index (χ2v) is 4.19. The van der Waals surface area contributed by atoms with Crippen LogP contribution in [0.25, 0.3) is 0 Å². The van der Waals surface area contributed by atoms with Gasteiger partial charge in [0.25, 0.3) is 0 Å². The fourth-order valence-corrected chi connectivity index (χ4v) is 0.265. The van der Waals surface area contributed by atoms with Crippen LogP contribution >= 0.6 is 0 Å². The zero-order valence-corrected chi connectivity index (χ0v) is 8.17. The van der Waals surface area contributed by atoms with Crippen molar-refractivity contribution in [3.8, 4) is 0 Å². The van der Waals surface area contributed by atoms with Gasteiger partial charge in [-0.25, -0.2) is 4.79 Å². The molecule has 0 radical (unpaired) electrons. The molecule has 0 aromatic rings. The number of rotatable bonds is 2. The predicted molar refractivity (Wildman–Crippen MR) is 43.7 cm³/mol. The maximum atomic E-state index is 10.0. The molecule has 1 N–H and O–H groups in total. The highest BCUT2D eigenvalue weighted by Gasteiger charge is 2.36. The quantitative estimate of drug-likeness (QED) is 0.518. The topological polar surface area (TPSA) is 55.8 Å².